The van der Waals surface area contributed by atoms with E-state index in [1.807, 2.05) is 13.8 Å². The predicted molar refractivity (Wildman–Crippen MR) is 71.1 cm³/mol. The van der Waals surface area contributed by atoms with E-state index in [2.05, 4.69) is 0 Å². The summed E-state index contributed by atoms with van der Waals surface area (Å²) in [5.41, 5.74) is 7.11. The Hall–Kier alpha value is -1.73. The van der Waals surface area contributed by atoms with Crippen LogP contribution in [0.1, 0.15) is 40.5 Å². The Morgan fingerprint density at radius 3 is 2.45 bits per heavy atom. The summed E-state index contributed by atoms with van der Waals surface area (Å²) in [4.78, 5) is 11.0. The summed E-state index contributed by atoms with van der Waals surface area (Å²) in [5, 5.41) is 0. The number of hydrogen-bond donors (Lipinski definition) is 0. The summed E-state index contributed by atoms with van der Waals surface area (Å²) in [6, 6.07) is 0. The molecule has 0 aromatic rings. The molecule has 4 unspecified atom stereocenters. The fraction of sp³-hybridized carbons (Fsp3) is 0.929. The van der Waals surface area contributed by atoms with E-state index < -0.39 is 29.4 Å². The van der Waals surface area contributed by atoms with Crippen LogP contribution in [0.5, 0.6) is 0 Å². The fourth-order valence-corrected chi connectivity index (χ4v) is 3.27. The summed E-state index contributed by atoms with van der Waals surface area (Å²) in [5.74, 6) is -3.21. The fourth-order valence-electron chi connectivity index (χ4n) is 3.27. The van der Waals surface area contributed by atoms with Crippen molar-refractivity contribution in [2.45, 2.75) is 76.2 Å². The van der Waals surface area contributed by atoms with Crippen molar-refractivity contribution in [1.82, 2.24) is 0 Å². The molecule has 22 heavy (non-hydrogen) atoms. The van der Waals surface area contributed by atoms with Crippen LogP contribution in [0.25, 0.3) is 5.73 Å². The second-order valence-corrected chi connectivity index (χ2v) is 6.72. The first-order valence-corrected chi connectivity index (χ1v) is 7.25. The van der Waals surface area contributed by atoms with E-state index in [9.17, 15) is 4.79 Å². The SMILES string of the molecule is CC1(C)OCC2OC3(CCC([NH-])=O)OC(C)(C)OC3C2O1.[Rf]. The van der Waals surface area contributed by atoms with Gasteiger partial charge < -0.3 is 34.2 Å². The van der Waals surface area contributed by atoms with Crippen molar-refractivity contribution in [3.63, 3.8) is 0 Å². The summed E-state index contributed by atoms with van der Waals surface area (Å²) in [6.07, 6.45) is -0.698. The second kappa shape index (κ2) is 4.89. The number of rotatable bonds is 3. The molecule has 0 saturated carbocycles. The third-order valence-corrected chi connectivity index (χ3v) is 3.99. The van der Waals surface area contributed by atoms with Gasteiger partial charge in [-0.3, -0.25) is 0 Å². The molecule has 4 atom stereocenters. The maximum Gasteiger partial charge on any atom is 0.201 e. The molecule has 8 heteroatoms. The van der Waals surface area contributed by atoms with Crippen LogP contribution in [0.2, 0.25) is 0 Å². The minimum absolute atomic E-state index is 0. The van der Waals surface area contributed by atoms with E-state index in [1.165, 1.54) is 0 Å². The molecule has 122 valence electrons. The zero-order valence-corrected chi connectivity index (χ0v) is 19.9. The predicted octanol–water partition coefficient (Wildman–Crippen LogP) is 1.74. The number of amides is 1. The first-order valence-electron chi connectivity index (χ1n) is 7.25. The summed E-state index contributed by atoms with van der Waals surface area (Å²) < 4.78 is 29.5. The van der Waals surface area contributed by atoms with Crippen LogP contribution >= 0.6 is 0 Å². The van der Waals surface area contributed by atoms with Crippen molar-refractivity contribution in [3.8, 4) is 0 Å². The standard InChI is InChI=1S/C14H23NO6.Rf/c1-12(2)17-7-8-10(19-12)11-14(18-8,6-5-9(15)16)21-13(3,4)20-11;/h8,10-11H,5-7H2,1-4H3,(H2,15,16);/p-1. The second-order valence-electron chi connectivity index (χ2n) is 6.72. The van der Waals surface area contributed by atoms with Crippen molar-refractivity contribution in [3.05, 3.63) is 5.73 Å². The number of nitrogens with one attached hydrogen (secondary N) is 1. The first-order chi connectivity index (χ1) is 9.63. The number of fused-ring (bicyclic) bond motifs is 3. The van der Waals surface area contributed by atoms with Crippen LogP contribution in [0.15, 0.2) is 0 Å². The van der Waals surface area contributed by atoms with Crippen LogP contribution in [0, 0.1) is 0 Å². The van der Waals surface area contributed by atoms with Crippen LogP contribution in [-0.4, -0.2) is 48.2 Å². The van der Waals surface area contributed by atoms with E-state index >= 15 is 0 Å². The van der Waals surface area contributed by atoms with Gasteiger partial charge in [0.15, 0.2) is 11.6 Å². The molecular formula is C14H22NO6Rf-. The number of carbonyl (C=O) groups is 1. The van der Waals surface area contributed by atoms with Crippen molar-refractivity contribution in [2.24, 2.45) is 0 Å². The van der Waals surface area contributed by atoms with Gasteiger partial charge >= 0.3 is 0 Å². The summed E-state index contributed by atoms with van der Waals surface area (Å²) in [6.45, 7) is 7.68. The molecular weight excluding hydrogens is 545 g/mol. The quantitative estimate of drug-likeness (QED) is 0.517. The molecule has 3 aliphatic rings. The number of carbonyl (C=O) groups excluding carboxylic acids is 1. The Balaban J connectivity index is 0.00000176. The van der Waals surface area contributed by atoms with Gasteiger partial charge in [-0.1, -0.05) is 0 Å². The molecule has 3 aliphatic heterocycles. The van der Waals surface area contributed by atoms with Crippen LogP contribution < -0.4 is 0 Å². The van der Waals surface area contributed by atoms with Crippen molar-refractivity contribution < 1.29 is 28.5 Å². The molecule has 3 heterocycles. The molecule has 0 aromatic carbocycles. The number of hydrogen-bond acceptors (Lipinski definition) is 6. The third-order valence-electron chi connectivity index (χ3n) is 3.99. The van der Waals surface area contributed by atoms with Crippen molar-refractivity contribution in [2.75, 3.05) is 6.61 Å². The smallest absolute Gasteiger partial charge is 0.201 e. The maximum absolute atomic E-state index is 11.0. The van der Waals surface area contributed by atoms with Crippen molar-refractivity contribution >= 4 is 5.91 Å². The molecule has 1 amide bonds. The Morgan fingerprint density at radius 1 is 1.14 bits per heavy atom. The summed E-state index contributed by atoms with van der Waals surface area (Å²) >= 11 is 0. The van der Waals surface area contributed by atoms with E-state index in [-0.39, 0.29) is 25.0 Å². The van der Waals surface area contributed by atoms with Gasteiger partial charge in [0.1, 0.15) is 18.3 Å². The van der Waals surface area contributed by atoms with Gasteiger partial charge in [-0.05, 0) is 34.1 Å². The Bertz CT molecular complexity index is 457. The van der Waals surface area contributed by atoms with Crippen LogP contribution in [0.3, 0.4) is 0 Å². The first kappa shape index (κ1) is 16.6. The van der Waals surface area contributed by atoms with E-state index in [0.717, 1.165) is 0 Å². The Morgan fingerprint density at radius 2 is 1.82 bits per heavy atom. The van der Waals surface area contributed by atoms with Gasteiger partial charge in [0.05, 0.1) is 6.61 Å². The van der Waals surface area contributed by atoms with Gasteiger partial charge in [0.2, 0.25) is 5.79 Å². The molecule has 0 aromatic heterocycles. The van der Waals surface area contributed by atoms with Crippen molar-refractivity contribution in [1.29, 1.82) is 0 Å². The zero-order valence-electron chi connectivity index (χ0n) is 13.5. The van der Waals surface area contributed by atoms with E-state index in [4.69, 9.17) is 29.4 Å². The molecule has 0 spiro atoms. The molecule has 3 fully saturated rings. The molecule has 3 rings (SSSR count). The normalized spacial score (nSPS) is 41.4. The monoisotopic (exact) mass is 567 g/mol. The van der Waals surface area contributed by atoms with Gasteiger partial charge in [-0.2, -0.15) is 0 Å². The largest absolute Gasteiger partial charge is 0.668 e. The van der Waals surface area contributed by atoms with E-state index in [1.54, 1.807) is 13.8 Å². The average molecular weight is 567 g/mol. The molecule has 0 radical (unpaired) electrons. The van der Waals surface area contributed by atoms with Gasteiger partial charge in [0, 0.05) is 12.3 Å². The molecule has 3 saturated heterocycles. The molecule has 7 nitrogen and oxygen atoms in total. The third kappa shape index (κ3) is 2.66. The average Bonchev–Trinajstić information content (AvgIpc) is 2.74. The van der Waals surface area contributed by atoms with Crippen LogP contribution in [-0.2, 0) is 28.5 Å². The van der Waals surface area contributed by atoms with Crippen LogP contribution in [0.4, 0.5) is 0 Å². The Kier molecular flexibility index (Phi) is 3.70. The minimum Gasteiger partial charge on any atom is -0.668 e. The maximum atomic E-state index is 11.0. The van der Waals surface area contributed by atoms with E-state index in [0.29, 0.717) is 6.61 Å². The molecule has 0 bridgehead atoms. The molecule has 1 N–H and O–H groups in total. The van der Waals surface area contributed by atoms with Gasteiger partial charge in [-0.25, -0.2) is 0 Å². The summed E-state index contributed by atoms with van der Waals surface area (Å²) in [7, 11) is 0. The van der Waals surface area contributed by atoms with Gasteiger partial charge in [0.25, 0.3) is 0 Å². The van der Waals surface area contributed by atoms with Gasteiger partial charge in [-0.15, -0.1) is 0 Å². The topological polar surface area (TPSA) is 87.0 Å². The number of ether oxygens (including phenoxy) is 5. The Labute approximate surface area is 124 Å². The zero-order chi connectivity index (χ0) is 15.5. The molecule has 0 aliphatic carbocycles. The minimum atomic E-state index is -1.04.